The van der Waals surface area contributed by atoms with Crippen LogP contribution in [0.25, 0.3) is 6.08 Å². The van der Waals surface area contributed by atoms with Crippen molar-refractivity contribution in [2.24, 2.45) is 5.73 Å². The molecule has 0 heterocycles. The first kappa shape index (κ1) is 18.0. The second-order valence-electron chi connectivity index (χ2n) is 4.88. The molecule has 0 unspecified atom stereocenters. The minimum Gasteiger partial charge on any atom is -0.493 e. The van der Waals surface area contributed by atoms with Crippen molar-refractivity contribution in [3.63, 3.8) is 0 Å². The Balaban J connectivity index is 2.01. The average Bonchev–Trinajstić information content (AvgIpc) is 2.60. The molecule has 0 saturated carbocycles. The van der Waals surface area contributed by atoms with E-state index in [0.717, 1.165) is 10.0 Å². The summed E-state index contributed by atoms with van der Waals surface area (Å²) in [5.74, 6) is 0.903. The molecule has 0 fully saturated rings. The van der Waals surface area contributed by atoms with Crippen molar-refractivity contribution >= 4 is 33.6 Å². The summed E-state index contributed by atoms with van der Waals surface area (Å²) in [7, 11) is 1.55. The number of hydrogen-bond acceptors (Lipinski definition) is 4. The van der Waals surface area contributed by atoms with Crippen LogP contribution >= 0.6 is 15.9 Å². The summed E-state index contributed by atoms with van der Waals surface area (Å²) >= 11 is 3.37. The summed E-state index contributed by atoms with van der Waals surface area (Å²) in [6, 6.07) is 12.9. The summed E-state index contributed by atoms with van der Waals surface area (Å²) < 4.78 is 11.7. The molecule has 2 aromatic rings. The Labute approximate surface area is 149 Å². The van der Waals surface area contributed by atoms with Crippen LogP contribution in [0.15, 0.2) is 53.0 Å². The molecule has 0 aliphatic carbocycles. The standard InChI is InChI=1S/C18H19BrN2O3/c1-23-17-12-15(7-8-16(17)24-11-10-20)21-18(22)9-4-13-2-5-14(19)6-3-13/h2-9,12H,10-11,20H2,1H3,(H,21,22). The minimum absolute atomic E-state index is 0.226. The quantitative estimate of drug-likeness (QED) is 0.710. The number of nitrogens with two attached hydrogens (primary N) is 1. The molecule has 6 heteroatoms. The first-order chi connectivity index (χ1) is 11.6. The highest BCUT2D eigenvalue weighted by Crippen LogP contribution is 2.30. The highest BCUT2D eigenvalue weighted by atomic mass is 79.9. The molecule has 0 aliphatic heterocycles. The third-order valence-electron chi connectivity index (χ3n) is 3.10. The van der Waals surface area contributed by atoms with Crippen molar-refractivity contribution in [3.05, 3.63) is 58.6 Å². The molecule has 0 bridgehead atoms. The largest absolute Gasteiger partial charge is 0.493 e. The number of anilines is 1. The zero-order valence-corrected chi connectivity index (χ0v) is 14.9. The van der Waals surface area contributed by atoms with Gasteiger partial charge in [-0.15, -0.1) is 0 Å². The highest BCUT2D eigenvalue weighted by molar-refractivity contribution is 9.10. The van der Waals surface area contributed by atoms with Gasteiger partial charge in [0.2, 0.25) is 5.91 Å². The second kappa shape index (κ2) is 9.10. The second-order valence-corrected chi connectivity index (χ2v) is 5.79. The number of carbonyl (C=O) groups is 1. The average molecular weight is 391 g/mol. The van der Waals surface area contributed by atoms with Gasteiger partial charge in [-0.3, -0.25) is 4.79 Å². The Morgan fingerprint density at radius 1 is 1.21 bits per heavy atom. The fourth-order valence-corrected chi connectivity index (χ4v) is 2.23. The lowest BCUT2D eigenvalue weighted by atomic mass is 10.2. The third kappa shape index (κ3) is 5.40. The maximum atomic E-state index is 12.0. The molecule has 0 atom stereocenters. The molecular weight excluding hydrogens is 372 g/mol. The summed E-state index contributed by atoms with van der Waals surface area (Å²) in [6.45, 7) is 0.820. The van der Waals surface area contributed by atoms with Gasteiger partial charge in [-0.2, -0.15) is 0 Å². The lowest BCUT2D eigenvalue weighted by Gasteiger charge is -2.11. The molecule has 0 aliphatic rings. The molecule has 5 nitrogen and oxygen atoms in total. The van der Waals surface area contributed by atoms with Gasteiger partial charge in [-0.05, 0) is 35.9 Å². The maximum Gasteiger partial charge on any atom is 0.248 e. The third-order valence-corrected chi connectivity index (χ3v) is 3.63. The van der Waals surface area contributed by atoms with Gasteiger partial charge in [0.1, 0.15) is 6.61 Å². The molecule has 126 valence electrons. The molecule has 3 N–H and O–H groups in total. The summed E-state index contributed by atoms with van der Waals surface area (Å²) in [6.07, 6.45) is 3.23. The molecular formula is C18H19BrN2O3. The van der Waals surface area contributed by atoms with Crippen molar-refractivity contribution in [2.75, 3.05) is 25.6 Å². The number of halogens is 1. The molecule has 0 saturated heterocycles. The summed E-state index contributed by atoms with van der Waals surface area (Å²) in [5.41, 5.74) is 6.98. The van der Waals surface area contributed by atoms with Gasteiger partial charge in [0, 0.05) is 28.8 Å². The number of benzene rings is 2. The van der Waals surface area contributed by atoms with Crippen LogP contribution in [0.1, 0.15) is 5.56 Å². The van der Waals surface area contributed by atoms with Crippen molar-refractivity contribution in [1.29, 1.82) is 0 Å². The first-order valence-corrected chi connectivity index (χ1v) is 8.17. The van der Waals surface area contributed by atoms with Crippen LogP contribution in [-0.4, -0.2) is 26.2 Å². The minimum atomic E-state index is -0.226. The number of ether oxygens (including phenoxy) is 2. The first-order valence-electron chi connectivity index (χ1n) is 7.38. The van der Waals surface area contributed by atoms with E-state index in [9.17, 15) is 4.79 Å². The molecule has 2 rings (SSSR count). The van der Waals surface area contributed by atoms with E-state index < -0.39 is 0 Å². The molecule has 0 radical (unpaired) electrons. The topological polar surface area (TPSA) is 73.6 Å². The van der Waals surface area contributed by atoms with Gasteiger partial charge in [0.05, 0.1) is 7.11 Å². The van der Waals surface area contributed by atoms with Crippen LogP contribution in [0.4, 0.5) is 5.69 Å². The van der Waals surface area contributed by atoms with Gasteiger partial charge in [0.25, 0.3) is 0 Å². The number of amides is 1. The number of hydrogen-bond donors (Lipinski definition) is 2. The maximum absolute atomic E-state index is 12.0. The van der Waals surface area contributed by atoms with Crippen molar-refractivity contribution < 1.29 is 14.3 Å². The lowest BCUT2D eigenvalue weighted by molar-refractivity contribution is -0.111. The Kier molecular flexibility index (Phi) is 6.84. The summed E-state index contributed by atoms with van der Waals surface area (Å²) in [5, 5.41) is 2.79. The van der Waals surface area contributed by atoms with E-state index in [-0.39, 0.29) is 5.91 Å². The van der Waals surface area contributed by atoms with E-state index in [1.54, 1.807) is 31.4 Å². The Morgan fingerprint density at radius 2 is 1.96 bits per heavy atom. The highest BCUT2D eigenvalue weighted by Gasteiger charge is 2.07. The molecule has 24 heavy (non-hydrogen) atoms. The number of nitrogens with one attached hydrogen (secondary N) is 1. The predicted molar refractivity (Wildman–Crippen MR) is 99.3 cm³/mol. The molecule has 0 aromatic heterocycles. The Morgan fingerprint density at radius 3 is 2.62 bits per heavy atom. The SMILES string of the molecule is COc1cc(NC(=O)C=Cc2ccc(Br)cc2)ccc1OCCN. The fraction of sp³-hybridized carbons (Fsp3) is 0.167. The fourth-order valence-electron chi connectivity index (χ4n) is 1.96. The van der Waals surface area contributed by atoms with Crippen LogP contribution < -0.4 is 20.5 Å². The van der Waals surface area contributed by atoms with Crippen LogP contribution in [-0.2, 0) is 4.79 Å². The number of methoxy groups -OCH3 is 1. The lowest BCUT2D eigenvalue weighted by Crippen LogP contribution is -2.11. The van der Waals surface area contributed by atoms with Crippen molar-refractivity contribution in [3.8, 4) is 11.5 Å². The van der Waals surface area contributed by atoms with Crippen LogP contribution in [0.5, 0.6) is 11.5 Å². The van der Waals surface area contributed by atoms with Crippen molar-refractivity contribution in [2.45, 2.75) is 0 Å². The Bertz CT molecular complexity index is 715. The van der Waals surface area contributed by atoms with Crippen LogP contribution in [0.2, 0.25) is 0 Å². The van der Waals surface area contributed by atoms with Gasteiger partial charge in [-0.25, -0.2) is 0 Å². The van der Waals surface area contributed by atoms with Gasteiger partial charge < -0.3 is 20.5 Å². The van der Waals surface area contributed by atoms with E-state index >= 15 is 0 Å². The van der Waals surface area contributed by atoms with E-state index in [0.29, 0.717) is 30.3 Å². The van der Waals surface area contributed by atoms with E-state index in [1.165, 1.54) is 6.08 Å². The Hall–Kier alpha value is -2.31. The molecule has 0 spiro atoms. The number of carbonyl (C=O) groups excluding carboxylic acids is 1. The van der Waals surface area contributed by atoms with Gasteiger partial charge in [-0.1, -0.05) is 28.1 Å². The predicted octanol–water partition coefficient (Wildman–Crippen LogP) is 3.45. The van der Waals surface area contributed by atoms with Crippen molar-refractivity contribution in [1.82, 2.24) is 0 Å². The van der Waals surface area contributed by atoms with E-state index in [2.05, 4.69) is 21.2 Å². The molecule has 1 amide bonds. The molecule has 2 aromatic carbocycles. The van der Waals surface area contributed by atoms with E-state index in [1.807, 2.05) is 24.3 Å². The zero-order valence-electron chi connectivity index (χ0n) is 13.3. The van der Waals surface area contributed by atoms with Gasteiger partial charge in [0.15, 0.2) is 11.5 Å². The monoisotopic (exact) mass is 390 g/mol. The van der Waals surface area contributed by atoms with Crippen LogP contribution in [0, 0.1) is 0 Å². The summed E-state index contributed by atoms with van der Waals surface area (Å²) in [4.78, 5) is 12.0. The smallest absolute Gasteiger partial charge is 0.248 e. The van der Waals surface area contributed by atoms with E-state index in [4.69, 9.17) is 15.2 Å². The normalized spacial score (nSPS) is 10.6. The van der Waals surface area contributed by atoms with Crippen LogP contribution in [0.3, 0.4) is 0 Å². The van der Waals surface area contributed by atoms with Gasteiger partial charge >= 0.3 is 0 Å². The number of rotatable bonds is 7. The zero-order chi connectivity index (χ0) is 17.4.